The van der Waals surface area contributed by atoms with Crippen LogP contribution >= 0.6 is 0 Å². The lowest BCUT2D eigenvalue weighted by molar-refractivity contribution is -0.174. The average Bonchev–Trinajstić information content (AvgIpc) is 4.12. The monoisotopic (exact) mass is 883 g/mol. The highest BCUT2D eigenvalue weighted by molar-refractivity contribution is 6.04. The molecule has 8 rings (SSSR count). The van der Waals surface area contributed by atoms with E-state index in [1.165, 1.54) is 0 Å². The third kappa shape index (κ3) is 7.27. The van der Waals surface area contributed by atoms with Crippen molar-refractivity contribution in [3.63, 3.8) is 0 Å². The molecule has 2 heterocycles. The van der Waals surface area contributed by atoms with Crippen molar-refractivity contribution in [1.82, 2.24) is 5.06 Å². The fourth-order valence-electron chi connectivity index (χ4n) is 15.9. The molecule has 0 aromatic rings. The van der Waals surface area contributed by atoms with Crippen LogP contribution in [0, 0.1) is 118 Å². The number of cyclic esters (lactones) is 2. The Labute approximate surface area is 370 Å². The van der Waals surface area contributed by atoms with Crippen molar-refractivity contribution in [2.75, 3.05) is 26.4 Å². The summed E-state index contributed by atoms with van der Waals surface area (Å²) in [4.78, 5) is 98.7. The van der Waals surface area contributed by atoms with E-state index in [-0.39, 0.29) is 84.8 Å². The number of hydrogen-bond acceptors (Lipinski definition) is 14. The van der Waals surface area contributed by atoms with Crippen LogP contribution in [0.15, 0.2) is 0 Å². The second-order valence-corrected chi connectivity index (χ2v) is 22.0. The van der Waals surface area contributed by atoms with Crippen LogP contribution in [-0.4, -0.2) is 94.2 Å². The molecule has 350 valence electrons. The normalized spacial score (nSPS) is 41.6. The van der Waals surface area contributed by atoms with E-state index in [9.17, 15) is 49.0 Å². The van der Waals surface area contributed by atoms with E-state index in [4.69, 9.17) is 18.9 Å². The Bertz CT molecular complexity index is 1850. The van der Waals surface area contributed by atoms with Gasteiger partial charge in [-0.1, -0.05) is 40.5 Å². The first-order valence-electron chi connectivity index (χ1n) is 24.0. The molecular formula is C48H69NO14. The number of unbranched alkanes of at least 4 members (excludes halogenated alkanes) is 2. The number of nitrogens with zero attached hydrogens (tertiary/aromatic N) is 1. The van der Waals surface area contributed by atoms with Gasteiger partial charge in [0, 0.05) is 5.41 Å². The highest BCUT2D eigenvalue weighted by Gasteiger charge is 2.74. The molecule has 8 aliphatic rings. The standard InChI is InChI=1S/C48H69NO14/c1-8-10-12-60-42(54)22(4)31(44(56)61-13-11-9-2)37-29-16-24(18-48(29,19-50)20-51)33(37)38-39(46(58)62-45(38)57)34-26-14-23(15-27(26)43(55)63-47(5,6)7)32(34)30-21(3)25-17-28(30)36-35(25)40(52)49(59)41(36)53/h21-39,50-51,59H,8-20H2,1-7H3. The number of aliphatic hydroxyl groups excluding tert-OH is 2. The van der Waals surface area contributed by atoms with Crippen molar-refractivity contribution >= 4 is 41.7 Å². The molecule has 2 saturated heterocycles. The molecule has 0 aromatic heterocycles. The molecule has 2 aliphatic heterocycles. The van der Waals surface area contributed by atoms with Gasteiger partial charge < -0.3 is 29.2 Å². The number of ether oxygens (including phenoxy) is 4. The minimum atomic E-state index is -1.14. The Balaban J connectivity index is 1.22. The molecule has 15 heteroatoms. The number of hydrogen-bond donors (Lipinski definition) is 3. The molecule has 6 bridgehead atoms. The Morgan fingerprint density at radius 1 is 0.762 bits per heavy atom. The summed E-state index contributed by atoms with van der Waals surface area (Å²) in [6.45, 7) is 12.5. The molecule has 0 radical (unpaired) electrons. The lowest BCUT2D eigenvalue weighted by atomic mass is 9.52. The van der Waals surface area contributed by atoms with Gasteiger partial charge in [0.05, 0.1) is 67.9 Å². The third-order valence-corrected chi connectivity index (χ3v) is 18.0. The Morgan fingerprint density at radius 2 is 1.35 bits per heavy atom. The fourth-order valence-corrected chi connectivity index (χ4v) is 15.9. The van der Waals surface area contributed by atoms with E-state index >= 15 is 0 Å². The van der Waals surface area contributed by atoms with Gasteiger partial charge in [-0.15, -0.1) is 0 Å². The number of rotatable bonds is 16. The van der Waals surface area contributed by atoms with Gasteiger partial charge in [-0.3, -0.25) is 38.8 Å². The SMILES string of the molecule is CCCCOC(=O)C(C)C(C(=O)OCCCC)C1C(C2C(=O)OC(=O)C2C2C3CC(CC3C(=O)OC(C)(C)C)C2C2C(C)C3CC2C2C(=O)N(O)C(=O)C32)C2CC1C(CO)(CO)C2. The second kappa shape index (κ2) is 17.1. The number of carbonyl (C=O) groups excluding carboxylic acids is 7. The number of hydroxylamine groups is 2. The lowest BCUT2D eigenvalue weighted by Gasteiger charge is -2.50. The van der Waals surface area contributed by atoms with Crippen molar-refractivity contribution in [3.8, 4) is 0 Å². The van der Waals surface area contributed by atoms with Gasteiger partial charge in [0.15, 0.2) is 0 Å². The van der Waals surface area contributed by atoms with E-state index < -0.39 is 112 Å². The Hall–Kier alpha value is -3.43. The summed E-state index contributed by atoms with van der Waals surface area (Å²) in [7, 11) is 0. The molecule has 6 aliphatic carbocycles. The summed E-state index contributed by atoms with van der Waals surface area (Å²) in [5, 5.41) is 32.7. The van der Waals surface area contributed by atoms with Crippen molar-refractivity contribution < 1.29 is 67.9 Å². The smallest absolute Gasteiger partial charge is 0.317 e. The Morgan fingerprint density at radius 3 is 1.94 bits per heavy atom. The van der Waals surface area contributed by atoms with Crippen LogP contribution in [0.25, 0.3) is 0 Å². The van der Waals surface area contributed by atoms with Gasteiger partial charge in [-0.05, 0) is 137 Å². The molecule has 0 spiro atoms. The molecule has 2 amide bonds. The van der Waals surface area contributed by atoms with Crippen LogP contribution in [0.4, 0.5) is 0 Å². The molecule has 63 heavy (non-hydrogen) atoms. The van der Waals surface area contributed by atoms with Gasteiger partial charge in [0.25, 0.3) is 11.8 Å². The van der Waals surface area contributed by atoms with Gasteiger partial charge in [0.2, 0.25) is 0 Å². The first kappa shape index (κ1) is 46.1. The number of amides is 2. The highest BCUT2D eigenvalue weighted by atomic mass is 16.6. The van der Waals surface area contributed by atoms with Crippen molar-refractivity contribution in [1.29, 1.82) is 0 Å². The first-order valence-corrected chi connectivity index (χ1v) is 24.0. The molecule has 19 atom stereocenters. The summed E-state index contributed by atoms with van der Waals surface area (Å²) in [5.41, 5.74) is -1.81. The van der Waals surface area contributed by atoms with E-state index in [0.29, 0.717) is 44.9 Å². The summed E-state index contributed by atoms with van der Waals surface area (Å²) in [6.07, 6.45) is 5.20. The minimum absolute atomic E-state index is 0.0651. The van der Waals surface area contributed by atoms with E-state index in [2.05, 4.69) is 6.92 Å². The predicted octanol–water partition coefficient (Wildman–Crippen LogP) is 4.61. The number of esters is 5. The highest BCUT2D eigenvalue weighted by Crippen LogP contribution is 2.72. The Kier molecular flexibility index (Phi) is 12.5. The first-order chi connectivity index (χ1) is 29.9. The molecule has 19 unspecified atom stereocenters. The maximum Gasteiger partial charge on any atom is 0.317 e. The predicted molar refractivity (Wildman–Crippen MR) is 220 cm³/mol. The van der Waals surface area contributed by atoms with Crippen LogP contribution in [0.2, 0.25) is 0 Å². The van der Waals surface area contributed by atoms with Gasteiger partial charge in [-0.2, -0.15) is 5.06 Å². The second-order valence-electron chi connectivity index (χ2n) is 22.0. The zero-order valence-corrected chi connectivity index (χ0v) is 37.9. The number of fused-ring (bicyclic) bond motifs is 9. The van der Waals surface area contributed by atoms with Crippen molar-refractivity contribution in [3.05, 3.63) is 0 Å². The molecule has 15 nitrogen and oxygen atoms in total. The molecule has 6 saturated carbocycles. The molecule has 8 fully saturated rings. The largest absolute Gasteiger partial charge is 0.465 e. The zero-order chi connectivity index (χ0) is 45.6. The molecule has 3 N–H and O–H groups in total. The summed E-state index contributed by atoms with van der Waals surface area (Å²) in [5.74, 6) is -14.7. The summed E-state index contributed by atoms with van der Waals surface area (Å²) in [6, 6.07) is 0. The van der Waals surface area contributed by atoms with Crippen LogP contribution < -0.4 is 0 Å². The van der Waals surface area contributed by atoms with Crippen LogP contribution in [0.5, 0.6) is 0 Å². The lowest BCUT2D eigenvalue weighted by Crippen LogP contribution is -2.53. The quantitative estimate of drug-likeness (QED) is 0.0482. The summed E-state index contributed by atoms with van der Waals surface area (Å²) < 4.78 is 23.3. The van der Waals surface area contributed by atoms with E-state index in [1.807, 2.05) is 13.8 Å². The molecular weight excluding hydrogens is 815 g/mol. The maximum atomic E-state index is 14.7. The van der Waals surface area contributed by atoms with E-state index in [1.54, 1.807) is 27.7 Å². The minimum Gasteiger partial charge on any atom is -0.465 e. The number of carbonyl (C=O) groups is 7. The van der Waals surface area contributed by atoms with Gasteiger partial charge in [-0.25, -0.2) is 0 Å². The number of imide groups is 1. The maximum absolute atomic E-state index is 14.7. The van der Waals surface area contributed by atoms with Crippen molar-refractivity contribution in [2.45, 2.75) is 112 Å². The van der Waals surface area contributed by atoms with Gasteiger partial charge in [0.1, 0.15) is 5.60 Å². The fraction of sp³-hybridized carbons (Fsp3) is 0.854. The average molecular weight is 884 g/mol. The van der Waals surface area contributed by atoms with E-state index in [0.717, 1.165) is 12.8 Å². The zero-order valence-electron chi connectivity index (χ0n) is 37.9. The molecule has 0 aromatic carbocycles. The topological polar surface area (TPSA) is 220 Å². The van der Waals surface area contributed by atoms with Crippen LogP contribution in [0.3, 0.4) is 0 Å². The summed E-state index contributed by atoms with van der Waals surface area (Å²) >= 11 is 0. The van der Waals surface area contributed by atoms with Crippen molar-refractivity contribution in [2.24, 2.45) is 118 Å². The van der Waals surface area contributed by atoms with Gasteiger partial charge >= 0.3 is 29.8 Å². The van der Waals surface area contributed by atoms with Crippen LogP contribution in [0.1, 0.15) is 106 Å². The third-order valence-electron chi connectivity index (χ3n) is 18.0. The van der Waals surface area contributed by atoms with Crippen LogP contribution in [-0.2, 0) is 52.5 Å². The number of aliphatic hydroxyl groups is 2.